The number of carbonyl (C=O) groups is 1. The van der Waals surface area contributed by atoms with Crippen LogP contribution in [0.4, 0.5) is 0 Å². The number of amides is 1. The smallest absolute Gasteiger partial charge is 0.233 e. The molecule has 1 aromatic carbocycles. The van der Waals surface area contributed by atoms with Crippen LogP contribution in [0.5, 0.6) is 0 Å². The van der Waals surface area contributed by atoms with Crippen molar-refractivity contribution >= 4 is 52.8 Å². The zero-order valence-electron chi connectivity index (χ0n) is 13.9. The molecule has 4 nitrogen and oxygen atoms in total. The number of rotatable bonds is 5. The molecule has 1 amide bonds. The Balaban J connectivity index is 1.64. The van der Waals surface area contributed by atoms with Gasteiger partial charge in [-0.1, -0.05) is 54.0 Å². The molecule has 25 heavy (non-hydrogen) atoms. The number of hydrogen-bond donors (Lipinski definition) is 1. The number of nitrogens with zero attached hydrogens (tertiary/aromatic N) is 2. The zero-order chi connectivity index (χ0) is 17.8. The first-order valence-electron chi connectivity index (χ1n) is 8.36. The highest BCUT2D eigenvalue weighted by Gasteiger charge is 2.21. The third-order valence-electron chi connectivity index (χ3n) is 4.20. The van der Waals surface area contributed by atoms with E-state index in [-0.39, 0.29) is 11.2 Å². The van der Waals surface area contributed by atoms with Crippen LogP contribution in [0, 0.1) is 3.95 Å². The van der Waals surface area contributed by atoms with Gasteiger partial charge in [0.2, 0.25) is 5.91 Å². The largest absolute Gasteiger partial charge is 0.352 e. The Morgan fingerprint density at radius 2 is 2.04 bits per heavy atom. The third kappa shape index (κ3) is 5.06. The molecule has 0 radical (unpaired) electrons. The summed E-state index contributed by atoms with van der Waals surface area (Å²) < 4.78 is 3.17. The van der Waals surface area contributed by atoms with E-state index >= 15 is 0 Å². The van der Waals surface area contributed by atoms with E-state index < -0.39 is 0 Å². The lowest BCUT2D eigenvalue weighted by atomic mass is 9.95. The highest BCUT2D eigenvalue weighted by atomic mass is 35.5. The molecule has 1 aromatic heterocycles. The minimum Gasteiger partial charge on any atom is -0.352 e. The molecule has 0 bridgehead atoms. The maximum Gasteiger partial charge on any atom is 0.233 e. The van der Waals surface area contributed by atoms with E-state index in [1.807, 2.05) is 31.2 Å². The summed E-state index contributed by atoms with van der Waals surface area (Å²) >= 11 is 14.2. The number of aromatic nitrogens is 2. The first-order chi connectivity index (χ1) is 12.0. The highest BCUT2D eigenvalue weighted by molar-refractivity contribution is 8.02. The van der Waals surface area contributed by atoms with Gasteiger partial charge in [-0.15, -0.1) is 5.10 Å². The second-order valence-electron chi connectivity index (χ2n) is 6.13. The standard InChI is InChI=1S/C17H20ClN3OS3/c1-11(15(22)19-13-5-3-2-4-6-13)24-16-20-21(17(23)25-16)14-9-7-12(18)8-10-14/h7-11,13H,2-6H2,1H3,(H,19,22)/t11-/m0/s1. The first kappa shape index (κ1) is 18.9. The fraction of sp³-hybridized carbons (Fsp3) is 0.471. The molecule has 1 aliphatic carbocycles. The van der Waals surface area contributed by atoms with Gasteiger partial charge in [0.15, 0.2) is 8.29 Å². The van der Waals surface area contributed by atoms with Crippen molar-refractivity contribution in [2.24, 2.45) is 0 Å². The summed E-state index contributed by atoms with van der Waals surface area (Å²) in [4.78, 5) is 12.4. The maximum atomic E-state index is 12.4. The van der Waals surface area contributed by atoms with Gasteiger partial charge in [-0.05, 0) is 56.2 Å². The summed E-state index contributed by atoms with van der Waals surface area (Å²) in [6.07, 6.45) is 5.88. The Morgan fingerprint density at radius 3 is 2.72 bits per heavy atom. The van der Waals surface area contributed by atoms with Gasteiger partial charge in [0.05, 0.1) is 10.9 Å². The van der Waals surface area contributed by atoms with Gasteiger partial charge in [0.1, 0.15) is 0 Å². The lowest BCUT2D eigenvalue weighted by Gasteiger charge is -2.24. The van der Waals surface area contributed by atoms with Crippen molar-refractivity contribution in [2.75, 3.05) is 0 Å². The van der Waals surface area contributed by atoms with Crippen molar-refractivity contribution < 1.29 is 4.79 Å². The van der Waals surface area contributed by atoms with Crippen LogP contribution in [0.3, 0.4) is 0 Å². The van der Waals surface area contributed by atoms with E-state index in [4.69, 9.17) is 23.8 Å². The quantitative estimate of drug-likeness (QED) is 0.537. The Labute approximate surface area is 166 Å². The van der Waals surface area contributed by atoms with Gasteiger partial charge >= 0.3 is 0 Å². The van der Waals surface area contributed by atoms with Crippen molar-refractivity contribution in [3.05, 3.63) is 33.2 Å². The van der Waals surface area contributed by atoms with E-state index in [1.165, 1.54) is 42.4 Å². The predicted octanol–water partition coefficient (Wildman–Crippen LogP) is 5.25. The summed E-state index contributed by atoms with van der Waals surface area (Å²) in [5, 5.41) is 8.20. The second-order valence-corrected chi connectivity index (χ2v) is 9.77. The summed E-state index contributed by atoms with van der Waals surface area (Å²) in [5.74, 6) is 0.0797. The van der Waals surface area contributed by atoms with Crippen LogP contribution in [0.2, 0.25) is 5.02 Å². The van der Waals surface area contributed by atoms with Crippen LogP contribution in [0.25, 0.3) is 5.69 Å². The predicted molar refractivity (Wildman–Crippen MR) is 108 cm³/mol. The minimum atomic E-state index is -0.193. The number of hydrogen-bond acceptors (Lipinski definition) is 5. The number of carbonyl (C=O) groups excluding carboxylic acids is 1. The van der Waals surface area contributed by atoms with E-state index in [1.54, 1.807) is 4.68 Å². The summed E-state index contributed by atoms with van der Waals surface area (Å²) in [7, 11) is 0. The van der Waals surface area contributed by atoms with Crippen molar-refractivity contribution in [3.63, 3.8) is 0 Å². The normalized spacial score (nSPS) is 16.6. The number of thioether (sulfide) groups is 1. The summed E-state index contributed by atoms with van der Waals surface area (Å²) in [6, 6.07) is 7.71. The molecule has 8 heteroatoms. The Hall–Kier alpha value is -0.890. The fourth-order valence-electron chi connectivity index (χ4n) is 2.82. The average molecular weight is 414 g/mol. The van der Waals surface area contributed by atoms with Gasteiger partial charge < -0.3 is 5.32 Å². The van der Waals surface area contributed by atoms with Crippen LogP contribution in [0.15, 0.2) is 28.6 Å². The van der Waals surface area contributed by atoms with Gasteiger partial charge in [-0.3, -0.25) is 4.79 Å². The average Bonchev–Trinajstić information content (AvgIpc) is 2.96. The van der Waals surface area contributed by atoms with Crippen molar-refractivity contribution in [2.45, 2.75) is 54.7 Å². The molecule has 1 aliphatic rings. The maximum absolute atomic E-state index is 12.4. The molecule has 1 saturated carbocycles. The first-order valence-corrected chi connectivity index (χ1v) is 10.8. The molecule has 0 spiro atoms. The topological polar surface area (TPSA) is 46.9 Å². The monoisotopic (exact) mass is 413 g/mol. The van der Waals surface area contributed by atoms with E-state index in [0.29, 0.717) is 15.0 Å². The van der Waals surface area contributed by atoms with E-state index in [0.717, 1.165) is 22.9 Å². The lowest BCUT2D eigenvalue weighted by molar-refractivity contribution is -0.121. The minimum absolute atomic E-state index is 0.0797. The van der Waals surface area contributed by atoms with Gasteiger partial charge in [-0.2, -0.15) is 0 Å². The Kier molecular flexibility index (Phi) is 6.55. The molecule has 2 aromatic rings. The van der Waals surface area contributed by atoms with Gasteiger partial charge in [-0.25, -0.2) is 4.68 Å². The Bertz CT molecular complexity index is 781. The second kappa shape index (κ2) is 8.66. The van der Waals surface area contributed by atoms with Crippen LogP contribution in [-0.2, 0) is 4.79 Å². The molecule has 0 unspecified atom stereocenters. The Morgan fingerprint density at radius 1 is 1.36 bits per heavy atom. The lowest BCUT2D eigenvalue weighted by Crippen LogP contribution is -2.40. The SMILES string of the molecule is C[C@H](Sc1nn(-c2ccc(Cl)cc2)c(=S)s1)C(=O)NC1CCCCC1. The van der Waals surface area contributed by atoms with Gasteiger partial charge in [0, 0.05) is 11.1 Å². The zero-order valence-corrected chi connectivity index (χ0v) is 17.1. The molecule has 3 rings (SSSR count). The van der Waals surface area contributed by atoms with E-state index in [2.05, 4.69) is 10.4 Å². The molecule has 134 valence electrons. The number of nitrogens with one attached hydrogen (secondary N) is 1. The van der Waals surface area contributed by atoms with Crippen LogP contribution < -0.4 is 5.32 Å². The molecule has 1 N–H and O–H groups in total. The molecule has 0 saturated heterocycles. The number of halogens is 1. The molecule has 1 heterocycles. The molecular weight excluding hydrogens is 394 g/mol. The number of benzene rings is 1. The third-order valence-corrected chi connectivity index (χ3v) is 6.87. The van der Waals surface area contributed by atoms with Crippen LogP contribution in [-0.4, -0.2) is 27.0 Å². The van der Waals surface area contributed by atoms with Crippen molar-refractivity contribution in [1.29, 1.82) is 0 Å². The van der Waals surface area contributed by atoms with Crippen molar-refractivity contribution in [1.82, 2.24) is 15.1 Å². The van der Waals surface area contributed by atoms with Crippen LogP contribution >= 0.6 is 46.9 Å². The molecule has 1 atom stereocenters. The molecular formula is C17H20ClN3OS3. The highest BCUT2D eigenvalue weighted by Crippen LogP contribution is 2.28. The molecule has 1 fully saturated rings. The summed E-state index contributed by atoms with van der Waals surface area (Å²) in [5.41, 5.74) is 0.872. The molecule has 0 aliphatic heterocycles. The van der Waals surface area contributed by atoms with Gasteiger partial charge in [0.25, 0.3) is 0 Å². The van der Waals surface area contributed by atoms with Crippen molar-refractivity contribution in [3.8, 4) is 5.69 Å². The fourth-order valence-corrected chi connectivity index (χ4v) is 5.46. The summed E-state index contributed by atoms with van der Waals surface area (Å²) in [6.45, 7) is 1.92. The van der Waals surface area contributed by atoms with Crippen LogP contribution in [0.1, 0.15) is 39.0 Å². The van der Waals surface area contributed by atoms with E-state index in [9.17, 15) is 4.79 Å².